The van der Waals surface area contributed by atoms with Gasteiger partial charge in [0.2, 0.25) is 0 Å². The fourth-order valence-corrected chi connectivity index (χ4v) is 3.42. The molecule has 28 heavy (non-hydrogen) atoms. The summed E-state index contributed by atoms with van der Waals surface area (Å²) in [6, 6.07) is 13.9. The Kier molecular flexibility index (Phi) is 6.84. The number of carbonyl (C=O) groups is 2. The Hall–Kier alpha value is -2.64. The Morgan fingerprint density at radius 1 is 1.11 bits per heavy atom. The molecule has 0 atom stereocenters. The van der Waals surface area contributed by atoms with E-state index in [2.05, 4.69) is 4.98 Å². The topological polar surface area (TPSA) is 65.5 Å². The lowest BCUT2D eigenvalue weighted by Crippen LogP contribution is -2.14. The number of thiazole rings is 1. The second-order valence-corrected chi connectivity index (χ2v) is 7.84. The number of rotatable bonds is 8. The van der Waals surface area contributed by atoms with E-state index in [-0.39, 0.29) is 12.4 Å². The van der Waals surface area contributed by atoms with Crippen LogP contribution >= 0.6 is 23.1 Å². The summed E-state index contributed by atoms with van der Waals surface area (Å²) < 4.78 is 10.8. The zero-order chi connectivity index (χ0) is 19.9. The van der Waals surface area contributed by atoms with Gasteiger partial charge in [-0.1, -0.05) is 18.2 Å². The highest BCUT2D eigenvalue weighted by Gasteiger charge is 2.13. The summed E-state index contributed by atoms with van der Waals surface area (Å²) in [5.41, 5.74) is 1.69. The fraction of sp³-hybridized carbons (Fsp3) is 0.190. The maximum Gasteiger partial charge on any atom is 0.338 e. The van der Waals surface area contributed by atoms with Crippen LogP contribution in [0.15, 0.2) is 58.8 Å². The van der Waals surface area contributed by atoms with Gasteiger partial charge in [-0.15, -0.1) is 23.1 Å². The second-order valence-electron chi connectivity index (χ2n) is 5.90. The van der Waals surface area contributed by atoms with Gasteiger partial charge >= 0.3 is 5.97 Å². The average molecular weight is 414 g/mol. The van der Waals surface area contributed by atoms with Crippen molar-refractivity contribution in [3.05, 3.63) is 75.7 Å². The number of hydrogen-bond acceptors (Lipinski definition) is 7. The van der Waals surface area contributed by atoms with Crippen LogP contribution in [0.1, 0.15) is 31.4 Å². The zero-order valence-corrected chi connectivity index (χ0v) is 17.1. The van der Waals surface area contributed by atoms with Crippen molar-refractivity contribution in [3.8, 4) is 5.75 Å². The predicted molar refractivity (Wildman–Crippen MR) is 110 cm³/mol. The molecule has 1 aromatic heterocycles. The number of Topliss-reactive ketones (excluding diaryl/α,β-unsaturated/α-hetero) is 1. The Balaban J connectivity index is 1.55. The summed E-state index contributed by atoms with van der Waals surface area (Å²) in [5.74, 6) is -0.268. The minimum absolute atomic E-state index is 0.243. The third kappa shape index (κ3) is 5.43. The van der Waals surface area contributed by atoms with Crippen molar-refractivity contribution in [1.29, 1.82) is 0 Å². The van der Waals surface area contributed by atoms with E-state index in [9.17, 15) is 9.59 Å². The molecule has 2 aromatic carbocycles. The van der Waals surface area contributed by atoms with Gasteiger partial charge in [-0.05, 0) is 43.5 Å². The van der Waals surface area contributed by atoms with Crippen LogP contribution in [0.2, 0.25) is 0 Å². The molecule has 3 aromatic rings. The number of nitrogens with zero attached hydrogens (tertiary/aromatic N) is 1. The van der Waals surface area contributed by atoms with Crippen LogP contribution in [0.25, 0.3) is 0 Å². The van der Waals surface area contributed by atoms with E-state index in [1.807, 2.05) is 30.7 Å². The first-order chi connectivity index (χ1) is 13.5. The quantitative estimate of drug-likeness (QED) is 0.300. The number of thioether (sulfide) groups is 1. The molecule has 0 aliphatic carbocycles. The number of esters is 1. The molecule has 0 N–H and O–H groups in total. The van der Waals surface area contributed by atoms with Crippen LogP contribution in [-0.2, 0) is 11.3 Å². The number of aromatic nitrogens is 1. The normalized spacial score (nSPS) is 10.5. The maximum atomic E-state index is 12.3. The minimum Gasteiger partial charge on any atom is -0.487 e. The van der Waals surface area contributed by atoms with Crippen molar-refractivity contribution in [3.63, 3.8) is 0 Å². The summed E-state index contributed by atoms with van der Waals surface area (Å²) in [7, 11) is 0. The molecule has 0 spiro atoms. The van der Waals surface area contributed by atoms with Crippen LogP contribution in [0.3, 0.4) is 0 Å². The molecule has 0 aliphatic heterocycles. The van der Waals surface area contributed by atoms with Gasteiger partial charge in [-0.25, -0.2) is 9.78 Å². The minimum atomic E-state index is -0.566. The molecular formula is C21H19NO4S2. The van der Waals surface area contributed by atoms with Crippen molar-refractivity contribution < 1.29 is 19.1 Å². The monoisotopic (exact) mass is 413 g/mol. The molecule has 0 amide bonds. The molecule has 0 radical (unpaired) electrons. The lowest BCUT2D eigenvalue weighted by molar-refractivity contribution is 0.0474. The Labute approximate surface area is 171 Å². The number of hydrogen-bond donors (Lipinski definition) is 0. The molecule has 5 nitrogen and oxygen atoms in total. The van der Waals surface area contributed by atoms with E-state index in [4.69, 9.17) is 9.47 Å². The van der Waals surface area contributed by atoms with E-state index in [0.717, 1.165) is 15.6 Å². The summed E-state index contributed by atoms with van der Waals surface area (Å²) in [6.07, 6.45) is 1.97. The van der Waals surface area contributed by atoms with E-state index >= 15 is 0 Å². The first kappa shape index (κ1) is 20.1. The number of ketones is 1. The molecule has 3 rings (SSSR count). The van der Waals surface area contributed by atoms with Crippen molar-refractivity contribution in [2.75, 3.05) is 12.9 Å². The predicted octanol–water partition coefficient (Wildman–Crippen LogP) is 4.79. The summed E-state index contributed by atoms with van der Waals surface area (Å²) in [5, 5.41) is 2.91. The highest BCUT2D eigenvalue weighted by molar-refractivity contribution is 7.98. The Bertz CT molecular complexity index is 967. The van der Waals surface area contributed by atoms with Crippen LogP contribution in [-0.4, -0.2) is 29.6 Å². The third-order valence-corrected chi connectivity index (χ3v) is 5.44. The Morgan fingerprint density at radius 2 is 1.89 bits per heavy atom. The summed E-state index contributed by atoms with van der Waals surface area (Å²) in [4.78, 5) is 29.9. The highest BCUT2D eigenvalue weighted by atomic mass is 32.2. The van der Waals surface area contributed by atoms with Gasteiger partial charge in [0.15, 0.2) is 12.4 Å². The van der Waals surface area contributed by atoms with Crippen molar-refractivity contribution >= 4 is 34.9 Å². The number of aryl methyl sites for hydroxylation is 1. The molecule has 0 saturated heterocycles. The molecule has 0 bridgehead atoms. The van der Waals surface area contributed by atoms with E-state index < -0.39 is 5.97 Å². The first-order valence-electron chi connectivity index (χ1n) is 8.53. The van der Waals surface area contributed by atoms with Crippen molar-refractivity contribution in [1.82, 2.24) is 4.98 Å². The van der Waals surface area contributed by atoms with E-state index in [1.165, 1.54) is 0 Å². The highest BCUT2D eigenvalue weighted by Crippen LogP contribution is 2.18. The third-order valence-electron chi connectivity index (χ3n) is 3.87. The lowest BCUT2D eigenvalue weighted by Gasteiger charge is -2.08. The fourth-order valence-electron chi connectivity index (χ4n) is 2.42. The zero-order valence-electron chi connectivity index (χ0n) is 15.5. The molecule has 0 unspecified atom stereocenters. The maximum absolute atomic E-state index is 12.3. The van der Waals surface area contributed by atoms with E-state index in [0.29, 0.717) is 23.5 Å². The van der Waals surface area contributed by atoms with Gasteiger partial charge in [-0.3, -0.25) is 4.79 Å². The molecule has 1 heterocycles. The van der Waals surface area contributed by atoms with Crippen molar-refractivity contribution in [2.24, 2.45) is 0 Å². The summed E-state index contributed by atoms with van der Waals surface area (Å²) >= 11 is 3.16. The van der Waals surface area contributed by atoms with Gasteiger partial charge < -0.3 is 9.47 Å². The molecule has 7 heteroatoms. The smallest absolute Gasteiger partial charge is 0.338 e. The van der Waals surface area contributed by atoms with Crippen molar-refractivity contribution in [2.45, 2.75) is 18.4 Å². The lowest BCUT2D eigenvalue weighted by atomic mass is 10.1. The van der Waals surface area contributed by atoms with Gasteiger partial charge in [0.05, 0.1) is 16.3 Å². The van der Waals surface area contributed by atoms with Gasteiger partial charge in [0, 0.05) is 15.8 Å². The average Bonchev–Trinajstić information content (AvgIpc) is 3.15. The van der Waals surface area contributed by atoms with E-state index in [1.54, 1.807) is 59.5 Å². The standard InChI is InChI=1S/C21H19NO4S2/c1-14-22-17(13-28-14)11-25-18-5-3-4-16(10-18)21(24)26-12-20(23)15-6-8-19(27-2)9-7-15/h3-10,13H,11-12H2,1-2H3. The van der Waals surface area contributed by atoms with Crippen LogP contribution in [0.4, 0.5) is 0 Å². The number of ether oxygens (including phenoxy) is 2. The van der Waals surface area contributed by atoms with Crippen LogP contribution in [0, 0.1) is 6.92 Å². The SMILES string of the molecule is CSc1ccc(C(=O)COC(=O)c2cccc(OCc3csc(C)n3)c2)cc1. The van der Waals surface area contributed by atoms with Crippen LogP contribution in [0.5, 0.6) is 5.75 Å². The van der Waals surface area contributed by atoms with Gasteiger partial charge in [0.1, 0.15) is 12.4 Å². The molecule has 0 fully saturated rings. The molecule has 0 aliphatic rings. The summed E-state index contributed by atoms with van der Waals surface area (Å²) in [6.45, 7) is 1.96. The largest absolute Gasteiger partial charge is 0.487 e. The first-order valence-corrected chi connectivity index (χ1v) is 10.6. The second kappa shape index (κ2) is 9.52. The number of carbonyl (C=O) groups excluding carboxylic acids is 2. The van der Waals surface area contributed by atoms with Gasteiger partial charge in [0.25, 0.3) is 0 Å². The Morgan fingerprint density at radius 3 is 2.57 bits per heavy atom. The van der Waals surface area contributed by atoms with Crippen LogP contribution < -0.4 is 4.74 Å². The van der Waals surface area contributed by atoms with Gasteiger partial charge in [-0.2, -0.15) is 0 Å². The number of benzene rings is 2. The molecule has 0 saturated carbocycles. The molecule has 144 valence electrons. The molecular weight excluding hydrogens is 394 g/mol.